The maximum absolute atomic E-state index is 12.6. The third-order valence-electron chi connectivity index (χ3n) is 3.85. The molecule has 0 aromatic heterocycles. The van der Waals surface area contributed by atoms with Crippen LogP contribution in [0, 0.1) is 6.92 Å². The monoisotopic (exact) mass is 403 g/mol. The van der Waals surface area contributed by atoms with Crippen molar-refractivity contribution in [2.24, 2.45) is 0 Å². The molecule has 0 aliphatic carbocycles. The van der Waals surface area contributed by atoms with Crippen LogP contribution in [0.2, 0.25) is 0 Å². The highest BCUT2D eigenvalue weighted by atomic mass is 32.2. The fourth-order valence-corrected chi connectivity index (χ4v) is 3.36. The summed E-state index contributed by atoms with van der Waals surface area (Å²) >= 11 is 1.71. The molecule has 6 heteroatoms. The Hall–Kier alpha value is -2.34. The van der Waals surface area contributed by atoms with E-state index >= 15 is 0 Å². The molecule has 0 atom stereocenters. The predicted octanol–water partition coefficient (Wildman–Crippen LogP) is 4.71. The normalized spacial score (nSPS) is 10.4. The summed E-state index contributed by atoms with van der Waals surface area (Å²) in [5, 5.41) is 2.96. The number of nitrogens with one attached hydrogen (secondary N) is 1. The zero-order valence-corrected chi connectivity index (χ0v) is 17.9. The van der Waals surface area contributed by atoms with E-state index in [-0.39, 0.29) is 5.91 Å². The molecular weight excluding hydrogens is 374 g/mol. The average Bonchev–Trinajstić information content (AvgIpc) is 2.69. The molecule has 1 N–H and O–H groups in total. The van der Waals surface area contributed by atoms with Crippen LogP contribution in [0.25, 0.3) is 0 Å². The van der Waals surface area contributed by atoms with Gasteiger partial charge in [-0.25, -0.2) is 0 Å². The molecule has 2 rings (SSSR count). The summed E-state index contributed by atoms with van der Waals surface area (Å²) in [4.78, 5) is 13.8. The molecule has 0 saturated heterocycles. The molecular formula is C22H29NO4S. The quantitative estimate of drug-likeness (QED) is 0.435. The second kappa shape index (κ2) is 11.5. The molecule has 0 heterocycles. The highest BCUT2D eigenvalue weighted by Crippen LogP contribution is 2.39. The lowest BCUT2D eigenvalue weighted by atomic mass is 10.1. The van der Waals surface area contributed by atoms with Crippen molar-refractivity contribution in [1.29, 1.82) is 0 Å². The van der Waals surface area contributed by atoms with Crippen LogP contribution in [0.3, 0.4) is 0 Å². The second-order valence-corrected chi connectivity index (χ2v) is 7.19. The molecule has 2 aromatic rings. The van der Waals surface area contributed by atoms with E-state index in [9.17, 15) is 4.79 Å². The largest absolute Gasteiger partial charge is 0.490 e. The Bertz CT molecular complexity index is 735. The summed E-state index contributed by atoms with van der Waals surface area (Å²) in [6, 6.07) is 11.8. The lowest BCUT2D eigenvalue weighted by Crippen LogP contribution is -2.25. The van der Waals surface area contributed by atoms with Crippen molar-refractivity contribution in [2.45, 2.75) is 32.6 Å². The van der Waals surface area contributed by atoms with Crippen LogP contribution in [0.4, 0.5) is 0 Å². The van der Waals surface area contributed by atoms with E-state index in [4.69, 9.17) is 14.2 Å². The van der Waals surface area contributed by atoms with E-state index in [1.165, 1.54) is 10.5 Å². The smallest absolute Gasteiger partial charge is 0.251 e. The summed E-state index contributed by atoms with van der Waals surface area (Å²) < 4.78 is 17.0. The molecule has 2 aromatic carbocycles. The molecule has 0 unspecified atom stereocenters. The van der Waals surface area contributed by atoms with Crippen molar-refractivity contribution in [3.05, 3.63) is 47.5 Å². The number of hydrogen-bond donors (Lipinski definition) is 1. The topological polar surface area (TPSA) is 56.8 Å². The number of carbonyl (C=O) groups excluding carboxylic acids is 1. The van der Waals surface area contributed by atoms with E-state index in [1.807, 2.05) is 20.8 Å². The molecule has 28 heavy (non-hydrogen) atoms. The fraction of sp³-hybridized carbons (Fsp3) is 0.409. The highest BCUT2D eigenvalue weighted by Gasteiger charge is 2.18. The highest BCUT2D eigenvalue weighted by molar-refractivity contribution is 7.99. The lowest BCUT2D eigenvalue weighted by Gasteiger charge is -2.17. The first-order valence-corrected chi connectivity index (χ1v) is 10.6. The van der Waals surface area contributed by atoms with Gasteiger partial charge in [-0.15, -0.1) is 11.8 Å². The first-order chi connectivity index (χ1) is 13.6. The number of amides is 1. The Morgan fingerprint density at radius 1 is 0.929 bits per heavy atom. The van der Waals surface area contributed by atoms with Gasteiger partial charge in [-0.1, -0.05) is 17.7 Å². The summed E-state index contributed by atoms with van der Waals surface area (Å²) in [6.07, 6.45) is 0. The van der Waals surface area contributed by atoms with Gasteiger partial charge in [-0.2, -0.15) is 0 Å². The van der Waals surface area contributed by atoms with Gasteiger partial charge in [0.1, 0.15) is 0 Å². The van der Waals surface area contributed by atoms with Crippen molar-refractivity contribution in [3.63, 3.8) is 0 Å². The zero-order valence-electron chi connectivity index (χ0n) is 17.0. The van der Waals surface area contributed by atoms with Crippen LogP contribution in [-0.2, 0) is 0 Å². The predicted molar refractivity (Wildman–Crippen MR) is 114 cm³/mol. The summed E-state index contributed by atoms with van der Waals surface area (Å²) in [5.41, 5.74) is 1.74. The number of carbonyl (C=O) groups is 1. The van der Waals surface area contributed by atoms with Gasteiger partial charge in [0.2, 0.25) is 5.75 Å². The number of rotatable bonds is 11. The van der Waals surface area contributed by atoms with Crippen LogP contribution < -0.4 is 19.5 Å². The Balaban J connectivity index is 2.03. The standard InChI is InChI=1S/C22H29NO4S/c1-5-25-19-14-17(15-20(26-6-2)21(19)27-7-3)22(24)23-12-13-28-18-10-8-16(4)9-11-18/h8-11,14-15H,5-7,12-13H2,1-4H3,(H,23,24). The lowest BCUT2D eigenvalue weighted by molar-refractivity contribution is 0.0955. The zero-order chi connectivity index (χ0) is 20.4. The molecule has 152 valence electrons. The molecule has 0 fully saturated rings. The van der Waals surface area contributed by atoms with Gasteiger partial charge >= 0.3 is 0 Å². The number of ether oxygens (including phenoxy) is 3. The van der Waals surface area contributed by atoms with Gasteiger partial charge < -0.3 is 19.5 Å². The minimum absolute atomic E-state index is 0.158. The van der Waals surface area contributed by atoms with E-state index < -0.39 is 0 Å². The van der Waals surface area contributed by atoms with Gasteiger partial charge in [0.25, 0.3) is 5.91 Å². The summed E-state index contributed by atoms with van der Waals surface area (Å²) in [5.74, 6) is 2.22. The Kier molecular flexibility index (Phi) is 9.01. The number of thioether (sulfide) groups is 1. The third kappa shape index (κ3) is 6.37. The van der Waals surface area contributed by atoms with E-state index in [0.29, 0.717) is 49.2 Å². The first kappa shape index (κ1) is 22.0. The van der Waals surface area contributed by atoms with Crippen molar-refractivity contribution in [3.8, 4) is 17.2 Å². The Morgan fingerprint density at radius 3 is 2.04 bits per heavy atom. The van der Waals surface area contributed by atoms with Crippen LogP contribution >= 0.6 is 11.8 Å². The SMILES string of the molecule is CCOc1cc(C(=O)NCCSc2ccc(C)cc2)cc(OCC)c1OCC. The number of benzene rings is 2. The van der Waals surface area contributed by atoms with E-state index in [0.717, 1.165) is 5.75 Å². The second-order valence-electron chi connectivity index (χ2n) is 6.02. The molecule has 0 spiro atoms. The Labute approximate surface area is 171 Å². The summed E-state index contributed by atoms with van der Waals surface area (Å²) in [6.45, 7) is 9.76. The molecule has 0 aliphatic rings. The molecule has 0 saturated carbocycles. The molecule has 0 radical (unpaired) electrons. The maximum Gasteiger partial charge on any atom is 0.251 e. The van der Waals surface area contributed by atoms with Crippen LogP contribution in [0.5, 0.6) is 17.2 Å². The molecule has 5 nitrogen and oxygen atoms in total. The Morgan fingerprint density at radius 2 is 1.50 bits per heavy atom. The number of hydrogen-bond acceptors (Lipinski definition) is 5. The minimum Gasteiger partial charge on any atom is -0.490 e. The fourth-order valence-electron chi connectivity index (χ4n) is 2.59. The first-order valence-electron chi connectivity index (χ1n) is 9.63. The van der Waals surface area contributed by atoms with Crippen molar-refractivity contribution in [2.75, 3.05) is 32.1 Å². The van der Waals surface area contributed by atoms with Gasteiger partial charge in [-0.3, -0.25) is 4.79 Å². The van der Waals surface area contributed by atoms with E-state index in [1.54, 1.807) is 23.9 Å². The van der Waals surface area contributed by atoms with Crippen LogP contribution in [-0.4, -0.2) is 38.0 Å². The molecule has 0 bridgehead atoms. The third-order valence-corrected chi connectivity index (χ3v) is 4.86. The maximum atomic E-state index is 12.6. The van der Waals surface area contributed by atoms with Gasteiger partial charge in [0.05, 0.1) is 19.8 Å². The molecule has 1 amide bonds. The van der Waals surface area contributed by atoms with Gasteiger partial charge in [0.15, 0.2) is 11.5 Å². The van der Waals surface area contributed by atoms with Crippen molar-refractivity contribution in [1.82, 2.24) is 5.32 Å². The van der Waals surface area contributed by atoms with E-state index in [2.05, 4.69) is 36.5 Å². The molecule has 0 aliphatic heterocycles. The van der Waals surface area contributed by atoms with Gasteiger partial charge in [0, 0.05) is 22.8 Å². The van der Waals surface area contributed by atoms with Crippen LogP contribution in [0.1, 0.15) is 36.7 Å². The average molecular weight is 404 g/mol. The minimum atomic E-state index is -0.158. The number of aryl methyl sites for hydroxylation is 1. The van der Waals surface area contributed by atoms with Crippen molar-refractivity contribution >= 4 is 17.7 Å². The van der Waals surface area contributed by atoms with Crippen LogP contribution in [0.15, 0.2) is 41.3 Å². The van der Waals surface area contributed by atoms with Gasteiger partial charge in [-0.05, 0) is 52.0 Å². The summed E-state index contributed by atoms with van der Waals surface area (Å²) in [7, 11) is 0. The van der Waals surface area contributed by atoms with Crippen molar-refractivity contribution < 1.29 is 19.0 Å².